The van der Waals surface area contributed by atoms with E-state index in [0.29, 0.717) is 46.3 Å². The number of carbonyl (C=O) groups excluding carboxylic acids is 2. The molecule has 3 rings (SSSR count). The zero-order chi connectivity index (χ0) is 23.3. The molecule has 0 bridgehead atoms. The summed E-state index contributed by atoms with van der Waals surface area (Å²) in [5.74, 6) is 0.847. The summed E-state index contributed by atoms with van der Waals surface area (Å²) in [7, 11) is 0. The number of amides is 2. The molecule has 1 aromatic heterocycles. The van der Waals surface area contributed by atoms with E-state index in [-0.39, 0.29) is 29.7 Å². The number of hydrogen-bond donors (Lipinski definition) is 1. The van der Waals surface area contributed by atoms with Crippen LogP contribution in [0.5, 0.6) is 0 Å². The van der Waals surface area contributed by atoms with Gasteiger partial charge in [0.15, 0.2) is 5.16 Å². The molecule has 0 radical (unpaired) electrons. The highest BCUT2D eigenvalue weighted by atomic mass is 35.5. The minimum Gasteiger partial charge on any atom is -0.353 e. The Kier molecular flexibility index (Phi) is 8.62. The van der Waals surface area contributed by atoms with Crippen molar-refractivity contribution in [3.63, 3.8) is 0 Å². The van der Waals surface area contributed by atoms with E-state index < -0.39 is 0 Å². The maximum atomic E-state index is 12.9. The largest absolute Gasteiger partial charge is 0.353 e. The minimum absolute atomic E-state index is 0.0156. The van der Waals surface area contributed by atoms with Gasteiger partial charge in [-0.25, -0.2) is 9.97 Å². The van der Waals surface area contributed by atoms with Gasteiger partial charge in [0.05, 0.1) is 5.75 Å². The monoisotopic (exact) mass is 495 g/mol. The first-order chi connectivity index (χ1) is 15.3. The molecular weight excluding hydrogens is 469 g/mol. The second kappa shape index (κ2) is 11.2. The predicted octanol–water partition coefficient (Wildman–Crippen LogP) is 4.14. The number of halogens is 2. The summed E-state index contributed by atoms with van der Waals surface area (Å²) in [5, 5.41) is 4.31. The van der Waals surface area contributed by atoms with Crippen molar-refractivity contribution in [3.05, 3.63) is 46.1 Å². The van der Waals surface area contributed by atoms with Crippen LogP contribution >= 0.6 is 35.0 Å². The molecule has 2 heterocycles. The first-order valence-corrected chi connectivity index (χ1v) is 12.3. The van der Waals surface area contributed by atoms with Gasteiger partial charge in [0.25, 0.3) is 5.91 Å². The van der Waals surface area contributed by atoms with E-state index >= 15 is 0 Å². The molecule has 10 heteroatoms. The van der Waals surface area contributed by atoms with Crippen LogP contribution < -0.4 is 10.2 Å². The molecule has 1 aliphatic heterocycles. The standard InChI is InChI=1S/C22H27Cl2N5O2S/c1-4-14(2)25-20(30)13-32-22-26-18(24)11-19(27-22)28-9-10-29(15(3)12-28)21(31)16-5-7-17(23)8-6-16/h5-8,11,14-15H,4,9-10,12-13H2,1-3H3,(H,25,30). The molecule has 32 heavy (non-hydrogen) atoms. The van der Waals surface area contributed by atoms with Gasteiger partial charge in [-0.2, -0.15) is 0 Å². The van der Waals surface area contributed by atoms with Crippen LogP contribution in [0.4, 0.5) is 5.82 Å². The maximum Gasteiger partial charge on any atom is 0.254 e. The van der Waals surface area contributed by atoms with Crippen LogP contribution in [0.3, 0.4) is 0 Å². The zero-order valence-electron chi connectivity index (χ0n) is 18.3. The van der Waals surface area contributed by atoms with E-state index in [1.807, 2.05) is 25.7 Å². The first kappa shape index (κ1) is 24.6. The molecule has 172 valence electrons. The Balaban J connectivity index is 1.63. The number of hydrogen-bond acceptors (Lipinski definition) is 6. The Morgan fingerprint density at radius 3 is 2.59 bits per heavy atom. The molecule has 2 atom stereocenters. The van der Waals surface area contributed by atoms with Crippen LogP contribution in [0.1, 0.15) is 37.6 Å². The van der Waals surface area contributed by atoms with Crippen molar-refractivity contribution in [3.8, 4) is 0 Å². The van der Waals surface area contributed by atoms with Gasteiger partial charge in [-0.05, 0) is 44.5 Å². The predicted molar refractivity (Wildman–Crippen MR) is 130 cm³/mol. The fourth-order valence-electron chi connectivity index (χ4n) is 3.39. The van der Waals surface area contributed by atoms with Gasteiger partial charge in [0.1, 0.15) is 11.0 Å². The number of rotatable bonds is 7. The van der Waals surface area contributed by atoms with Crippen molar-refractivity contribution in [1.29, 1.82) is 0 Å². The zero-order valence-corrected chi connectivity index (χ0v) is 20.7. The number of carbonyl (C=O) groups is 2. The van der Waals surface area contributed by atoms with E-state index in [4.69, 9.17) is 23.2 Å². The first-order valence-electron chi connectivity index (χ1n) is 10.5. The second-order valence-electron chi connectivity index (χ2n) is 7.80. The highest BCUT2D eigenvalue weighted by molar-refractivity contribution is 7.99. The van der Waals surface area contributed by atoms with E-state index in [1.165, 1.54) is 11.8 Å². The van der Waals surface area contributed by atoms with Gasteiger partial charge in [0.2, 0.25) is 5.91 Å². The second-order valence-corrected chi connectivity index (χ2v) is 9.56. The quantitative estimate of drug-likeness (QED) is 0.353. The molecule has 2 aromatic rings. The third-order valence-electron chi connectivity index (χ3n) is 5.32. The summed E-state index contributed by atoms with van der Waals surface area (Å²) in [6.45, 7) is 7.80. The molecule has 2 unspecified atom stereocenters. The van der Waals surface area contributed by atoms with Gasteiger partial charge < -0.3 is 15.1 Å². The summed E-state index contributed by atoms with van der Waals surface area (Å²) in [4.78, 5) is 37.7. The van der Waals surface area contributed by atoms with Gasteiger partial charge in [-0.3, -0.25) is 9.59 Å². The molecule has 1 fully saturated rings. The number of benzene rings is 1. The molecular formula is C22H27Cl2N5O2S. The van der Waals surface area contributed by atoms with Gasteiger partial charge >= 0.3 is 0 Å². The average molecular weight is 496 g/mol. The van der Waals surface area contributed by atoms with Gasteiger partial charge in [-0.15, -0.1) is 0 Å². The average Bonchev–Trinajstić information content (AvgIpc) is 2.77. The highest BCUT2D eigenvalue weighted by Gasteiger charge is 2.29. The van der Waals surface area contributed by atoms with Crippen LogP contribution in [0.25, 0.3) is 0 Å². The third kappa shape index (κ3) is 6.49. The summed E-state index contributed by atoms with van der Waals surface area (Å²) >= 11 is 13.4. The summed E-state index contributed by atoms with van der Waals surface area (Å²) in [6.07, 6.45) is 0.874. The summed E-state index contributed by atoms with van der Waals surface area (Å²) in [6, 6.07) is 8.77. The van der Waals surface area contributed by atoms with E-state index in [1.54, 1.807) is 30.3 Å². The van der Waals surface area contributed by atoms with Crippen molar-refractivity contribution in [1.82, 2.24) is 20.2 Å². The SMILES string of the molecule is CCC(C)NC(=O)CSc1nc(Cl)cc(N2CCN(C(=O)c3ccc(Cl)cc3)C(C)C2)n1. The summed E-state index contributed by atoms with van der Waals surface area (Å²) in [5.41, 5.74) is 0.620. The molecule has 1 aromatic carbocycles. The number of nitrogens with zero attached hydrogens (tertiary/aromatic N) is 4. The fraction of sp³-hybridized carbons (Fsp3) is 0.455. The summed E-state index contributed by atoms with van der Waals surface area (Å²) < 4.78 is 0. The normalized spacial score (nSPS) is 17.2. The Morgan fingerprint density at radius 2 is 1.94 bits per heavy atom. The van der Waals surface area contributed by atoms with Crippen LogP contribution in [-0.2, 0) is 4.79 Å². The topological polar surface area (TPSA) is 78.4 Å². The van der Waals surface area contributed by atoms with Crippen LogP contribution in [-0.4, -0.2) is 64.2 Å². The Morgan fingerprint density at radius 1 is 1.22 bits per heavy atom. The number of thioether (sulfide) groups is 1. The van der Waals surface area contributed by atoms with Crippen molar-refractivity contribution >= 4 is 52.6 Å². The van der Waals surface area contributed by atoms with Crippen LogP contribution in [0, 0.1) is 0 Å². The fourth-order valence-corrected chi connectivity index (χ4v) is 4.40. The highest BCUT2D eigenvalue weighted by Crippen LogP contribution is 2.25. The molecule has 0 spiro atoms. The van der Waals surface area contributed by atoms with Crippen molar-refractivity contribution in [2.75, 3.05) is 30.3 Å². The van der Waals surface area contributed by atoms with Gasteiger partial charge in [-0.1, -0.05) is 41.9 Å². The number of nitrogens with one attached hydrogen (secondary N) is 1. The Bertz CT molecular complexity index is 960. The van der Waals surface area contributed by atoms with Crippen LogP contribution in [0.2, 0.25) is 10.2 Å². The lowest BCUT2D eigenvalue weighted by molar-refractivity contribution is -0.119. The van der Waals surface area contributed by atoms with Crippen molar-refractivity contribution < 1.29 is 9.59 Å². The molecule has 7 nitrogen and oxygen atoms in total. The lowest BCUT2D eigenvalue weighted by atomic mass is 10.1. The minimum atomic E-state index is -0.0579. The number of piperazine rings is 1. The van der Waals surface area contributed by atoms with Gasteiger partial charge in [0, 0.05) is 48.4 Å². The Hall–Kier alpha value is -2.03. The Labute approximate surface area is 202 Å². The number of anilines is 1. The van der Waals surface area contributed by atoms with Crippen molar-refractivity contribution in [2.24, 2.45) is 0 Å². The molecule has 1 saturated heterocycles. The molecule has 1 aliphatic rings. The lowest BCUT2D eigenvalue weighted by Crippen LogP contribution is -2.54. The maximum absolute atomic E-state index is 12.9. The van der Waals surface area contributed by atoms with Crippen molar-refractivity contribution in [2.45, 2.75) is 44.4 Å². The number of aromatic nitrogens is 2. The van der Waals surface area contributed by atoms with E-state index in [0.717, 1.165) is 6.42 Å². The lowest BCUT2D eigenvalue weighted by Gasteiger charge is -2.40. The molecule has 2 amide bonds. The molecule has 0 saturated carbocycles. The third-order valence-corrected chi connectivity index (χ3v) is 6.61. The molecule has 1 N–H and O–H groups in total. The smallest absolute Gasteiger partial charge is 0.254 e. The van der Waals surface area contributed by atoms with E-state index in [9.17, 15) is 9.59 Å². The molecule has 0 aliphatic carbocycles. The van der Waals surface area contributed by atoms with E-state index in [2.05, 4.69) is 20.2 Å². The van der Waals surface area contributed by atoms with Crippen LogP contribution in [0.15, 0.2) is 35.5 Å².